The molecule has 0 aliphatic heterocycles. The molecular formula is C12H17FN2O2. The van der Waals surface area contributed by atoms with Crippen molar-refractivity contribution in [2.45, 2.75) is 19.4 Å². The third kappa shape index (κ3) is 4.82. The van der Waals surface area contributed by atoms with Gasteiger partial charge in [0.15, 0.2) is 0 Å². The van der Waals surface area contributed by atoms with Crippen LogP contribution in [0.1, 0.15) is 18.4 Å². The number of carbonyl (C=O) groups is 1. The van der Waals surface area contributed by atoms with Crippen LogP contribution >= 0.6 is 0 Å². The molecule has 0 aliphatic carbocycles. The molecular weight excluding hydrogens is 223 g/mol. The maximum absolute atomic E-state index is 13.1. The van der Waals surface area contributed by atoms with Gasteiger partial charge in [-0.05, 0) is 24.1 Å². The predicted octanol–water partition coefficient (Wildman–Crippen LogP) is 1.19. The molecule has 0 atom stereocenters. The molecule has 1 aromatic rings. The minimum atomic E-state index is -0.366. The lowest BCUT2D eigenvalue weighted by molar-refractivity contribution is -0.120. The largest absolute Gasteiger partial charge is 0.493 e. The molecule has 3 N–H and O–H groups in total. The molecule has 1 rings (SSSR count). The number of halogens is 1. The zero-order valence-electron chi connectivity index (χ0n) is 9.83. The highest BCUT2D eigenvalue weighted by Gasteiger charge is 2.02. The molecule has 4 nitrogen and oxygen atoms in total. The molecule has 94 valence electrons. The summed E-state index contributed by atoms with van der Waals surface area (Å²) in [7, 11) is 1.59. The van der Waals surface area contributed by atoms with Crippen molar-refractivity contribution < 1.29 is 13.9 Å². The number of nitrogens with two attached hydrogens (primary N) is 1. The Kier molecular flexibility index (Phi) is 5.42. The number of carbonyl (C=O) groups excluding carboxylic acids is 1. The molecule has 0 radical (unpaired) electrons. The summed E-state index contributed by atoms with van der Waals surface area (Å²) in [6.07, 6.45) is 0.990. The zero-order valence-corrected chi connectivity index (χ0v) is 9.83. The van der Waals surface area contributed by atoms with Crippen molar-refractivity contribution in [3.05, 3.63) is 29.6 Å². The van der Waals surface area contributed by atoms with E-state index in [2.05, 4.69) is 5.32 Å². The lowest BCUT2D eigenvalue weighted by Crippen LogP contribution is -2.18. The summed E-state index contributed by atoms with van der Waals surface area (Å²) in [5.74, 6) is 0.0482. The van der Waals surface area contributed by atoms with Crippen molar-refractivity contribution >= 4 is 5.91 Å². The molecule has 0 spiro atoms. The lowest BCUT2D eigenvalue weighted by atomic mass is 10.2. The Balaban J connectivity index is 2.41. The van der Waals surface area contributed by atoms with Gasteiger partial charge in [0.25, 0.3) is 0 Å². The number of hydrogen-bond acceptors (Lipinski definition) is 3. The Morgan fingerprint density at radius 3 is 2.88 bits per heavy atom. The number of benzene rings is 1. The third-order valence-corrected chi connectivity index (χ3v) is 2.26. The molecule has 0 saturated carbocycles. The van der Waals surface area contributed by atoms with Gasteiger partial charge >= 0.3 is 0 Å². The Hall–Kier alpha value is -1.62. The molecule has 0 aliphatic rings. The summed E-state index contributed by atoms with van der Waals surface area (Å²) in [5, 5.41) is 2.52. The predicted molar refractivity (Wildman–Crippen MR) is 63.1 cm³/mol. The number of ether oxygens (including phenoxy) is 1. The Labute approximate surface area is 100.0 Å². The second-order valence-corrected chi connectivity index (χ2v) is 3.62. The van der Waals surface area contributed by atoms with Gasteiger partial charge in [0, 0.05) is 26.1 Å². The number of nitrogens with one attached hydrogen (secondary N) is 1. The van der Waals surface area contributed by atoms with E-state index in [9.17, 15) is 9.18 Å². The van der Waals surface area contributed by atoms with Gasteiger partial charge in [-0.2, -0.15) is 0 Å². The minimum absolute atomic E-state index is 0.0320. The second kappa shape index (κ2) is 6.85. The Morgan fingerprint density at radius 1 is 1.47 bits per heavy atom. The molecule has 1 aromatic carbocycles. The summed E-state index contributed by atoms with van der Waals surface area (Å²) in [4.78, 5) is 10.9. The lowest BCUT2D eigenvalue weighted by Gasteiger charge is -2.07. The first-order chi connectivity index (χ1) is 8.15. The molecule has 0 heterocycles. The Bertz CT molecular complexity index is 383. The van der Waals surface area contributed by atoms with Crippen molar-refractivity contribution in [1.82, 2.24) is 5.32 Å². The molecule has 0 aromatic heterocycles. The number of rotatable bonds is 6. The van der Waals surface area contributed by atoms with Crippen LogP contribution in [0.25, 0.3) is 0 Å². The van der Waals surface area contributed by atoms with E-state index in [0.29, 0.717) is 30.8 Å². The van der Waals surface area contributed by atoms with Crippen LogP contribution in [0, 0.1) is 5.82 Å². The molecule has 0 unspecified atom stereocenters. The van der Waals surface area contributed by atoms with Gasteiger partial charge in [0.2, 0.25) is 5.91 Å². The first kappa shape index (κ1) is 13.4. The summed E-state index contributed by atoms with van der Waals surface area (Å²) in [6, 6.07) is 4.37. The van der Waals surface area contributed by atoms with E-state index in [1.807, 2.05) is 0 Å². The van der Waals surface area contributed by atoms with Crippen molar-refractivity contribution in [3.8, 4) is 5.75 Å². The van der Waals surface area contributed by atoms with E-state index < -0.39 is 0 Å². The van der Waals surface area contributed by atoms with E-state index in [4.69, 9.17) is 10.5 Å². The SMILES string of the molecule is CNC(=O)CCCOc1cc(F)cc(CN)c1. The van der Waals surface area contributed by atoms with Crippen LogP contribution in [0.2, 0.25) is 0 Å². The van der Waals surface area contributed by atoms with Crippen molar-refractivity contribution in [2.75, 3.05) is 13.7 Å². The summed E-state index contributed by atoms with van der Waals surface area (Å²) < 4.78 is 18.5. The van der Waals surface area contributed by atoms with E-state index in [1.165, 1.54) is 12.1 Å². The zero-order chi connectivity index (χ0) is 12.7. The number of amides is 1. The average Bonchev–Trinajstić information content (AvgIpc) is 2.33. The average molecular weight is 240 g/mol. The van der Waals surface area contributed by atoms with Crippen LogP contribution in [-0.2, 0) is 11.3 Å². The smallest absolute Gasteiger partial charge is 0.219 e. The van der Waals surface area contributed by atoms with E-state index in [-0.39, 0.29) is 18.3 Å². The Morgan fingerprint density at radius 2 is 2.24 bits per heavy atom. The van der Waals surface area contributed by atoms with Crippen LogP contribution < -0.4 is 15.8 Å². The summed E-state index contributed by atoms with van der Waals surface area (Å²) in [6.45, 7) is 0.646. The minimum Gasteiger partial charge on any atom is -0.493 e. The normalized spacial score (nSPS) is 10.1. The first-order valence-electron chi connectivity index (χ1n) is 5.48. The van der Waals surface area contributed by atoms with Gasteiger partial charge in [0.05, 0.1) is 6.61 Å². The summed E-state index contributed by atoms with van der Waals surface area (Å²) in [5.41, 5.74) is 6.11. The highest BCUT2D eigenvalue weighted by atomic mass is 19.1. The topological polar surface area (TPSA) is 64.3 Å². The van der Waals surface area contributed by atoms with E-state index in [0.717, 1.165) is 0 Å². The van der Waals surface area contributed by atoms with Crippen LogP contribution in [0.4, 0.5) is 4.39 Å². The highest BCUT2D eigenvalue weighted by Crippen LogP contribution is 2.16. The highest BCUT2D eigenvalue weighted by molar-refractivity contribution is 5.75. The van der Waals surface area contributed by atoms with Crippen LogP contribution in [0.5, 0.6) is 5.75 Å². The fourth-order valence-corrected chi connectivity index (χ4v) is 1.37. The molecule has 0 bridgehead atoms. The van der Waals surface area contributed by atoms with Gasteiger partial charge in [0.1, 0.15) is 11.6 Å². The molecule has 1 amide bonds. The quantitative estimate of drug-likeness (QED) is 0.734. The van der Waals surface area contributed by atoms with Crippen LogP contribution in [0.3, 0.4) is 0 Å². The van der Waals surface area contributed by atoms with Crippen LogP contribution in [0.15, 0.2) is 18.2 Å². The van der Waals surface area contributed by atoms with Gasteiger partial charge in [-0.25, -0.2) is 4.39 Å². The molecule has 5 heteroatoms. The first-order valence-corrected chi connectivity index (χ1v) is 5.48. The third-order valence-electron chi connectivity index (χ3n) is 2.26. The maximum Gasteiger partial charge on any atom is 0.219 e. The summed E-state index contributed by atoms with van der Waals surface area (Å²) >= 11 is 0. The van der Waals surface area contributed by atoms with Gasteiger partial charge in [-0.1, -0.05) is 0 Å². The van der Waals surface area contributed by atoms with Gasteiger partial charge < -0.3 is 15.8 Å². The second-order valence-electron chi connectivity index (χ2n) is 3.62. The maximum atomic E-state index is 13.1. The van der Waals surface area contributed by atoms with E-state index >= 15 is 0 Å². The standard InChI is InChI=1S/C12H17FN2O2/c1-15-12(16)3-2-4-17-11-6-9(8-14)5-10(13)7-11/h5-7H,2-4,8,14H2,1H3,(H,15,16). The van der Waals surface area contributed by atoms with Crippen molar-refractivity contribution in [2.24, 2.45) is 5.73 Å². The number of hydrogen-bond donors (Lipinski definition) is 2. The van der Waals surface area contributed by atoms with Crippen molar-refractivity contribution in [3.63, 3.8) is 0 Å². The van der Waals surface area contributed by atoms with Crippen LogP contribution in [-0.4, -0.2) is 19.6 Å². The molecule has 17 heavy (non-hydrogen) atoms. The van der Waals surface area contributed by atoms with Gasteiger partial charge in [-0.15, -0.1) is 0 Å². The van der Waals surface area contributed by atoms with Crippen molar-refractivity contribution in [1.29, 1.82) is 0 Å². The monoisotopic (exact) mass is 240 g/mol. The fourth-order valence-electron chi connectivity index (χ4n) is 1.37. The molecule has 0 fully saturated rings. The van der Waals surface area contributed by atoms with Gasteiger partial charge in [-0.3, -0.25) is 4.79 Å². The molecule has 0 saturated heterocycles. The fraction of sp³-hybridized carbons (Fsp3) is 0.417. The van der Waals surface area contributed by atoms with E-state index in [1.54, 1.807) is 13.1 Å².